The van der Waals surface area contributed by atoms with E-state index in [1.165, 1.54) is 5.67 Å². The molecule has 0 bridgehead atoms. The number of hydrogen-bond acceptors (Lipinski definition) is 0. The molecule has 2 rings (SSSR count). The minimum absolute atomic E-state index is 1.01. The van der Waals surface area contributed by atoms with E-state index >= 15 is 0 Å². The molecule has 0 aliphatic heterocycles. The van der Waals surface area contributed by atoms with E-state index in [0.717, 1.165) is 0 Å². The average molecular weight is 271 g/mol. The third kappa shape index (κ3) is 3.68. The maximum Gasteiger partial charge on any atom is 0.100 e. The fraction of sp³-hybridized carbons (Fsp3) is 0.250. The average Bonchev–Trinajstić information content (AvgIpc) is 2.37. The highest BCUT2D eigenvalue weighted by molar-refractivity contribution is 6.97. The van der Waals surface area contributed by atoms with Crippen LogP contribution in [0.15, 0.2) is 60.7 Å². The summed E-state index contributed by atoms with van der Waals surface area (Å²) >= 11 is 0. The Morgan fingerprint density at radius 3 is 1.44 bits per heavy atom. The molecule has 0 aliphatic rings. The van der Waals surface area contributed by atoms with Crippen molar-refractivity contribution in [2.24, 2.45) is 0 Å². The summed E-state index contributed by atoms with van der Waals surface area (Å²) in [7, 11) is -2.04. The zero-order valence-electron chi connectivity index (χ0n) is 11.6. The molecule has 18 heavy (non-hydrogen) atoms. The smallest absolute Gasteiger partial charge is 0.0697 e. The van der Waals surface area contributed by atoms with Gasteiger partial charge in [0.15, 0.2) is 0 Å². The third-order valence-corrected chi connectivity index (χ3v) is 12.1. The Morgan fingerprint density at radius 1 is 0.722 bits per heavy atom. The molecule has 0 fully saturated rings. The first kappa shape index (κ1) is 13.3. The van der Waals surface area contributed by atoms with E-state index in [2.05, 4.69) is 80.3 Å². The molecule has 0 unspecified atom stereocenters. The van der Waals surface area contributed by atoms with Gasteiger partial charge in [0.1, 0.15) is 8.80 Å². The topological polar surface area (TPSA) is 0 Å². The van der Waals surface area contributed by atoms with Gasteiger partial charge in [-0.1, -0.05) is 96.3 Å². The second-order valence-electron chi connectivity index (χ2n) is 6.14. The van der Waals surface area contributed by atoms with Gasteiger partial charge >= 0.3 is 0 Å². The van der Waals surface area contributed by atoms with Crippen molar-refractivity contribution in [2.45, 2.75) is 25.3 Å². The van der Waals surface area contributed by atoms with Crippen molar-refractivity contribution in [3.05, 3.63) is 60.7 Å². The lowest BCUT2D eigenvalue weighted by atomic mass is 10.4. The van der Waals surface area contributed by atoms with Gasteiger partial charge in [0.25, 0.3) is 0 Å². The molecule has 2 aromatic rings. The second-order valence-corrected chi connectivity index (χ2v) is 15.3. The molecule has 0 nitrogen and oxygen atoms in total. The van der Waals surface area contributed by atoms with Crippen LogP contribution < -0.4 is 10.4 Å². The fourth-order valence-corrected chi connectivity index (χ4v) is 11.0. The summed E-state index contributed by atoms with van der Waals surface area (Å²) < 4.78 is 0. The zero-order valence-corrected chi connectivity index (χ0v) is 13.7. The van der Waals surface area contributed by atoms with Crippen LogP contribution in [0.4, 0.5) is 0 Å². The second kappa shape index (κ2) is 5.68. The van der Waals surface area contributed by atoms with Crippen molar-refractivity contribution in [1.82, 2.24) is 0 Å². The molecule has 94 valence electrons. The molecular formula is C16H22Si2. The first-order valence-electron chi connectivity index (χ1n) is 6.66. The van der Waals surface area contributed by atoms with Gasteiger partial charge in [-0.05, 0) is 0 Å². The van der Waals surface area contributed by atoms with Gasteiger partial charge in [-0.3, -0.25) is 0 Å². The van der Waals surface area contributed by atoms with Gasteiger partial charge in [-0.15, -0.1) is 0 Å². The molecule has 0 N–H and O–H groups in total. The SMILES string of the molecule is C[Si](C)(C)C[SiH](c1ccccc1)c1ccccc1. The predicted octanol–water partition coefficient (Wildman–Crippen LogP) is 2.91. The fourth-order valence-electron chi connectivity index (χ4n) is 2.41. The minimum Gasteiger partial charge on any atom is -0.0697 e. The lowest BCUT2D eigenvalue weighted by molar-refractivity contribution is 1.60. The first-order chi connectivity index (χ1) is 8.56. The maximum absolute atomic E-state index is 2.48. The van der Waals surface area contributed by atoms with Crippen molar-refractivity contribution in [3.8, 4) is 0 Å². The lowest BCUT2D eigenvalue weighted by Gasteiger charge is -2.24. The van der Waals surface area contributed by atoms with E-state index < -0.39 is 16.9 Å². The monoisotopic (exact) mass is 270 g/mol. The Kier molecular flexibility index (Phi) is 4.20. The first-order valence-corrected chi connectivity index (χ1v) is 12.3. The van der Waals surface area contributed by atoms with Crippen LogP contribution in [0.25, 0.3) is 0 Å². The molecule has 0 spiro atoms. The van der Waals surface area contributed by atoms with Gasteiger partial charge in [-0.25, -0.2) is 0 Å². The van der Waals surface area contributed by atoms with Crippen LogP contribution >= 0.6 is 0 Å². The molecule has 0 aromatic heterocycles. The zero-order chi connectivity index (χ0) is 13.0. The van der Waals surface area contributed by atoms with Crippen LogP contribution in [0.2, 0.25) is 25.3 Å². The van der Waals surface area contributed by atoms with Crippen molar-refractivity contribution in [3.63, 3.8) is 0 Å². The van der Waals surface area contributed by atoms with Gasteiger partial charge in [0.05, 0.1) is 0 Å². The molecule has 2 heteroatoms. The molecule has 0 radical (unpaired) electrons. The minimum atomic E-state index is -1.02. The van der Waals surface area contributed by atoms with E-state index in [0.29, 0.717) is 0 Å². The summed E-state index contributed by atoms with van der Waals surface area (Å²) in [5, 5.41) is 3.18. The molecule has 0 saturated carbocycles. The Morgan fingerprint density at radius 2 is 1.11 bits per heavy atom. The van der Waals surface area contributed by atoms with Gasteiger partial charge in [-0.2, -0.15) is 0 Å². The molecule has 0 heterocycles. The number of benzene rings is 2. The standard InChI is InChI=1S/C16H22Si2/c1-18(2,3)14-17(15-10-6-4-7-11-15)16-12-8-5-9-13-16/h4-13,17H,14H2,1-3H3. The van der Waals surface area contributed by atoms with Crippen LogP contribution in [0.5, 0.6) is 0 Å². The summed E-state index contributed by atoms with van der Waals surface area (Å²) in [6.45, 7) is 7.46. The third-order valence-electron chi connectivity index (χ3n) is 3.22. The van der Waals surface area contributed by atoms with Crippen LogP contribution in [0.3, 0.4) is 0 Å². The highest BCUT2D eigenvalue weighted by Gasteiger charge is 2.24. The van der Waals surface area contributed by atoms with Gasteiger partial charge in [0.2, 0.25) is 0 Å². The summed E-state index contributed by atoms with van der Waals surface area (Å²) in [6.07, 6.45) is 0. The quantitative estimate of drug-likeness (QED) is 0.750. The maximum atomic E-state index is 2.48. The van der Waals surface area contributed by atoms with Crippen LogP contribution in [-0.2, 0) is 0 Å². The molecule has 0 amide bonds. The van der Waals surface area contributed by atoms with E-state index in [9.17, 15) is 0 Å². The number of hydrogen-bond donors (Lipinski definition) is 0. The van der Waals surface area contributed by atoms with E-state index in [1.807, 2.05) is 0 Å². The normalized spacial score (nSPS) is 11.8. The van der Waals surface area contributed by atoms with Crippen LogP contribution in [0, 0.1) is 0 Å². The Hall–Kier alpha value is -1.13. The molecule has 2 aromatic carbocycles. The van der Waals surface area contributed by atoms with E-state index in [-0.39, 0.29) is 0 Å². The largest absolute Gasteiger partial charge is 0.100 e. The van der Waals surface area contributed by atoms with Gasteiger partial charge in [0, 0.05) is 8.07 Å². The van der Waals surface area contributed by atoms with Crippen molar-refractivity contribution >= 4 is 27.2 Å². The van der Waals surface area contributed by atoms with Crippen molar-refractivity contribution in [1.29, 1.82) is 0 Å². The highest BCUT2D eigenvalue weighted by Crippen LogP contribution is 2.11. The predicted molar refractivity (Wildman–Crippen MR) is 87.5 cm³/mol. The number of rotatable bonds is 4. The van der Waals surface area contributed by atoms with Gasteiger partial charge < -0.3 is 0 Å². The van der Waals surface area contributed by atoms with Crippen molar-refractivity contribution in [2.75, 3.05) is 0 Å². The molecule has 0 atom stereocenters. The Bertz CT molecular complexity index is 432. The lowest BCUT2D eigenvalue weighted by Crippen LogP contribution is -2.47. The van der Waals surface area contributed by atoms with Crippen LogP contribution in [0.1, 0.15) is 0 Å². The summed E-state index contributed by atoms with van der Waals surface area (Å²) in [5.74, 6) is 0. The summed E-state index contributed by atoms with van der Waals surface area (Å²) in [4.78, 5) is 0. The highest BCUT2D eigenvalue weighted by atomic mass is 28.4. The Balaban J connectivity index is 2.36. The van der Waals surface area contributed by atoms with Crippen molar-refractivity contribution < 1.29 is 0 Å². The molecule has 0 saturated heterocycles. The summed E-state index contributed by atoms with van der Waals surface area (Å²) in [6, 6.07) is 22.3. The Labute approximate surface area is 113 Å². The molecule has 0 aliphatic carbocycles. The van der Waals surface area contributed by atoms with E-state index in [4.69, 9.17) is 0 Å². The van der Waals surface area contributed by atoms with E-state index in [1.54, 1.807) is 10.4 Å². The summed E-state index contributed by atoms with van der Waals surface area (Å²) in [5.41, 5.74) is 1.45. The van der Waals surface area contributed by atoms with Crippen LogP contribution in [-0.4, -0.2) is 16.9 Å². The molecular weight excluding hydrogens is 248 g/mol.